The molecular formula is C18H19Cl2N3O3. The van der Waals surface area contributed by atoms with Gasteiger partial charge in [0.2, 0.25) is 0 Å². The Morgan fingerprint density at radius 2 is 1.92 bits per heavy atom. The summed E-state index contributed by atoms with van der Waals surface area (Å²) in [6, 6.07) is 8.39. The number of hydrogen-bond donors (Lipinski definition) is 2. The van der Waals surface area contributed by atoms with E-state index in [0.29, 0.717) is 28.0 Å². The van der Waals surface area contributed by atoms with Crippen molar-refractivity contribution < 1.29 is 14.3 Å². The molecule has 0 saturated carbocycles. The summed E-state index contributed by atoms with van der Waals surface area (Å²) >= 11 is 12.2. The molecule has 26 heavy (non-hydrogen) atoms. The number of hydrogen-bond acceptors (Lipinski definition) is 4. The molecule has 2 aromatic rings. The van der Waals surface area contributed by atoms with E-state index in [1.807, 2.05) is 32.0 Å². The second kappa shape index (κ2) is 9.31. The highest BCUT2D eigenvalue weighted by molar-refractivity contribution is 6.36. The van der Waals surface area contributed by atoms with E-state index in [-0.39, 0.29) is 6.61 Å². The number of carbonyl (C=O) groups excluding carboxylic acids is 1. The lowest BCUT2D eigenvalue weighted by Crippen LogP contribution is -2.24. The third-order valence-electron chi connectivity index (χ3n) is 3.35. The van der Waals surface area contributed by atoms with Crippen LogP contribution in [0.15, 0.2) is 35.4 Å². The number of urea groups is 1. The predicted octanol–water partition coefficient (Wildman–Crippen LogP) is 4.07. The van der Waals surface area contributed by atoms with Crippen LogP contribution in [0, 0.1) is 13.8 Å². The van der Waals surface area contributed by atoms with Gasteiger partial charge in [-0.05, 0) is 43.2 Å². The zero-order chi connectivity index (χ0) is 19.1. The van der Waals surface area contributed by atoms with Gasteiger partial charge in [-0.1, -0.05) is 35.3 Å². The number of hydrazone groups is 1. The molecule has 0 radical (unpaired) electrons. The first-order valence-electron chi connectivity index (χ1n) is 7.77. The van der Waals surface area contributed by atoms with Crippen LogP contribution in [-0.4, -0.2) is 25.5 Å². The minimum Gasteiger partial charge on any atom is -0.490 e. The van der Waals surface area contributed by atoms with Crippen molar-refractivity contribution in [1.82, 2.24) is 5.43 Å². The highest BCUT2D eigenvalue weighted by Gasteiger charge is 2.10. The fourth-order valence-electron chi connectivity index (χ4n) is 2.15. The van der Waals surface area contributed by atoms with Crippen LogP contribution < -0.4 is 20.6 Å². The number of rotatable bonds is 7. The Bertz CT molecular complexity index is 826. The number of halogens is 2. The normalized spacial score (nSPS) is 10.8. The van der Waals surface area contributed by atoms with E-state index in [4.69, 9.17) is 38.4 Å². The summed E-state index contributed by atoms with van der Waals surface area (Å²) in [7, 11) is 0. The zero-order valence-electron chi connectivity index (χ0n) is 14.4. The fraction of sp³-hybridized carbons (Fsp3) is 0.222. The Balaban J connectivity index is 2.03. The van der Waals surface area contributed by atoms with E-state index in [0.717, 1.165) is 16.9 Å². The minimum absolute atomic E-state index is 0.263. The van der Waals surface area contributed by atoms with E-state index in [1.54, 1.807) is 12.1 Å². The molecule has 2 amide bonds. The highest BCUT2D eigenvalue weighted by Crippen LogP contribution is 2.31. The highest BCUT2D eigenvalue weighted by atomic mass is 35.5. The van der Waals surface area contributed by atoms with Gasteiger partial charge < -0.3 is 15.2 Å². The minimum atomic E-state index is -0.779. The summed E-state index contributed by atoms with van der Waals surface area (Å²) in [6.07, 6.45) is 1.35. The van der Waals surface area contributed by atoms with Crippen LogP contribution in [0.4, 0.5) is 4.79 Å². The van der Waals surface area contributed by atoms with Crippen molar-refractivity contribution in [1.29, 1.82) is 0 Å². The lowest BCUT2D eigenvalue weighted by atomic mass is 10.1. The van der Waals surface area contributed by atoms with Gasteiger partial charge in [-0.2, -0.15) is 5.10 Å². The molecule has 0 aromatic heterocycles. The van der Waals surface area contributed by atoms with Crippen LogP contribution in [-0.2, 0) is 0 Å². The first-order chi connectivity index (χ1) is 12.4. The van der Waals surface area contributed by atoms with Gasteiger partial charge in [0.1, 0.15) is 24.7 Å². The Morgan fingerprint density at radius 1 is 1.19 bits per heavy atom. The summed E-state index contributed by atoms with van der Waals surface area (Å²) in [5, 5.41) is 4.44. The first-order valence-corrected chi connectivity index (χ1v) is 8.53. The Hall–Kier alpha value is -2.44. The third-order valence-corrected chi connectivity index (χ3v) is 3.85. The summed E-state index contributed by atoms with van der Waals surface area (Å²) in [5.41, 5.74) is 9.74. The van der Waals surface area contributed by atoms with Crippen LogP contribution in [0.2, 0.25) is 10.0 Å². The average molecular weight is 396 g/mol. The van der Waals surface area contributed by atoms with Crippen molar-refractivity contribution in [3.8, 4) is 11.5 Å². The maximum atomic E-state index is 10.7. The van der Waals surface area contributed by atoms with Crippen LogP contribution in [0.1, 0.15) is 16.7 Å². The van der Waals surface area contributed by atoms with Crippen molar-refractivity contribution in [3.63, 3.8) is 0 Å². The van der Waals surface area contributed by atoms with E-state index < -0.39 is 6.03 Å². The molecule has 2 rings (SSSR count). The number of carbonyl (C=O) groups is 1. The van der Waals surface area contributed by atoms with Gasteiger partial charge in [-0.3, -0.25) is 0 Å². The molecule has 138 valence electrons. The van der Waals surface area contributed by atoms with Crippen LogP contribution in [0.3, 0.4) is 0 Å². The van der Waals surface area contributed by atoms with Crippen molar-refractivity contribution in [2.75, 3.05) is 13.2 Å². The SMILES string of the molecule is Cc1ccc(C)c(OCCOc2c(Cl)cc(Cl)cc2/C=N\NC(N)=O)c1. The first kappa shape index (κ1) is 19.9. The smallest absolute Gasteiger partial charge is 0.332 e. The molecule has 0 unspecified atom stereocenters. The number of benzene rings is 2. The van der Waals surface area contributed by atoms with Crippen molar-refractivity contribution >= 4 is 35.4 Å². The van der Waals surface area contributed by atoms with Gasteiger partial charge in [0.15, 0.2) is 0 Å². The van der Waals surface area contributed by atoms with E-state index in [2.05, 4.69) is 10.5 Å². The zero-order valence-corrected chi connectivity index (χ0v) is 15.9. The molecule has 0 heterocycles. The number of primary amides is 1. The van der Waals surface area contributed by atoms with Crippen LogP contribution in [0.5, 0.6) is 11.5 Å². The average Bonchev–Trinajstić information content (AvgIpc) is 2.56. The van der Waals surface area contributed by atoms with Gasteiger partial charge in [0.25, 0.3) is 0 Å². The molecule has 3 N–H and O–H groups in total. The van der Waals surface area contributed by atoms with Crippen molar-refractivity contribution in [2.24, 2.45) is 10.8 Å². The predicted molar refractivity (Wildman–Crippen MR) is 104 cm³/mol. The lowest BCUT2D eigenvalue weighted by molar-refractivity contribution is 0.216. The van der Waals surface area contributed by atoms with Gasteiger partial charge >= 0.3 is 6.03 Å². The maximum Gasteiger partial charge on any atom is 0.332 e. The molecular weight excluding hydrogens is 377 g/mol. The Kier molecular flexibility index (Phi) is 7.12. The third kappa shape index (κ3) is 5.82. The summed E-state index contributed by atoms with van der Waals surface area (Å²) in [6.45, 7) is 4.58. The van der Waals surface area contributed by atoms with Crippen LogP contribution in [0.25, 0.3) is 0 Å². The molecule has 0 atom stereocenters. The van der Waals surface area contributed by atoms with Gasteiger partial charge in [-0.15, -0.1) is 0 Å². The molecule has 2 aromatic carbocycles. The fourth-order valence-corrected chi connectivity index (χ4v) is 2.72. The van der Waals surface area contributed by atoms with Gasteiger partial charge in [0.05, 0.1) is 11.2 Å². The van der Waals surface area contributed by atoms with Gasteiger partial charge in [0, 0.05) is 10.6 Å². The topological polar surface area (TPSA) is 85.9 Å². The Morgan fingerprint density at radius 3 is 2.65 bits per heavy atom. The maximum absolute atomic E-state index is 10.7. The van der Waals surface area contributed by atoms with E-state index in [9.17, 15) is 4.79 Å². The molecule has 0 aliphatic carbocycles. The van der Waals surface area contributed by atoms with E-state index in [1.165, 1.54) is 6.21 Å². The van der Waals surface area contributed by atoms with E-state index >= 15 is 0 Å². The molecule has 6 nitrogen and oxygen atoms in total. The summed E-state index contributed by atoms with van der Waals surface area (Å²) in [5.74, 6) is 1.19. The largest absolute Gasteiger partial charge is 0.490 e. The monoisotopic (exact) mass is 395 g/mol. The molecule has 0 aliphatic heterocycles. The number of amides is 2. The number of nitrogens with zero attached hydrogens (tertiary/aromatic N) is 1. The molecule has 0 fully saturated rings. The van der Waals surface area contributed by atoms with Crippen molar-refractivity contribution in [3.05, 3.63) is 57.1 Å². The van der Waals surface area contributed by atoms with Crippen molar-refractivity contribution in [2.45, 2.75) is 13.8 Å². The van der Waals surface area contributed by atoms with Gasteiger partial charge in [-0.25, -0.2) is 10.2 Å². The Labute approximate surface area is 161 Å². The second-order valence-corrected chi connectivity index (χ2v) is 6.35. The standard InChI is InChI=1S/C18H19Cl2N3O3/c1-11-3-4-12(2)16(7-11)25-5-6-26-17-13(10-22-23-18(21)24)8-14(19)9-15(17)20/h3-4,7-10H,5-6H2,1-2H3,(H3,21,23,24)/b22-10-. The number of aryl methyl sites for hydroxylation is 2. The van der Waals surface area contributed by atoms with Crippen LogP contribution >= 0.6 is 23.2 Å². The molecule has 8 heteroatoms. The molecule has 0 saturated heterocycles. The summed E-state index contributed by atoms with van der Waals surface area (Å²) in [4.78, 5) is 10.7. The number of nitrogens with two attached hydrogens (primary N) is 1. The lowest BCUT2D eigenvalue weighted by Gasteiger charge is -2.13. The number of ether oxygens (including phenoxy) is 2. The molecule has 0 spiro atoms. The summed E-state index contributed by atoms with van der Waals surface area (Å²) < 4.78 is 11.5. The molecule has 0 aliphatic rings. The quantitative estimate of drug-likeness (QED) is 0.420. The molecule has 0 bridgehead atoms. The second-order valence-electron chi connectivity index (χ2n) is 5.51. The number of nitrogens with one attached hydrogen (secondary N) is 1.